The topological polar surface area (TPSA) is 181 Å². The van der Waals surface area contributed by atoms with E-state index >= 15 is 4.57 Å². The first-order valence-electron chi connectivity index (χ1n) is 19.9. The number of carbonyl (C=O) groups excluding carboxylic acids is 4. The number of benzene rings is 4. The van der Waals surface area contributed by atoms with E-state index in [0.717, 1.165) is 11.1 Å². The van der Waals surface area contributed by atoms with Gasteiger partial charge in [-0.15, -0.1) is 0 Å². The number of alkyl carbamates (subject to hydrolysis) is 2. The minimum Gasteiger partial charge on any atom is -0.445 e. The highest BCUT2D eigenvalue weighted by Crippen LogP contribution is 2.57. The Balaban J connectivity index is 1.63. The molecule has 13 nitrogen and oxygen atoms in total. The molecule has 4 aromatic rings. The van der Waals surface area contributed by atoms with Crippen LogP contribution >= 0.6 is 7.37 Å². The minimum absolute atomic E-state index is 0.0113. The van der Waals surface area contributed by atoms with E-state index in [4.69, 9.17) is 14.0 Å². The second kappa shape index (κ2) is 23.2. The van der Waals surface area contributed by atoms with Gasteiger partial charge in [-0.3, -0.25) is 14.2 Å². The van der Waals surface area contributed by atoms with Crippen LogP contribution in [0.25, 0.3) is 0 Å². The molecule has 4 amide bonds. The highest BCUT2D eigenvalue weighted by Gasteiger charge is 2.47. The molecule has 0 fully saturated rings. The molecule has 0 aliphatic carbocycles. The number of carbonyl (C=O) groups is 4. The van der Waals surface area contributed by atoms with E-state index in [1.54, 1.807) is 107 Å². The van der Waals surface area contributed by atoms with Gasteiger partial charge in [-0.1, -0.05) is 149 Å². The van der Waals surface area contributed by atoms with E-state index in [9.17, 15) is 24.3 Å². The molecule has 59 heavy (non-hydrogen) atoms. The molecule has 0 spiro atoms. The Labute approximate surface area is 347 Å². The van der Waals surface area contributed by atoms with Crippen molar-refractivity contribution >= 4 is 31.4 Å². The fourth-order valence-electron chi connectivity index (χ4n) is 6.39. The normalized spacial score (nSPS) is 14.8. The Hall–Kier alpha value is -5.49. The summed E-state index contributed by atoms with van der Waals surface area (Å²) in [5.74, 6) is -5.36. The quantitative estimate of drug-likeness (QED) is 0.0557. The molecule has 0 heterocycles. The van der Waals surface area contributed by atoms with Crippen molar-refractivity contribution < 1.29 is 42.8 Å². The van der Waals surface area contributed by atoms with Gasteiger partial charge in [0.15, 0.2) is 5.85 Å². The van der Waals surface area contributed by atoms with Gasteiger partial charge >= 0.3 is 12.2 Å². The average molecular weight is 829 g/mol. The first-order chi connectivity index (χ1) is 28.3. The summed E-state index contributed by atoms with van der Waals surface area (Å²) in [4.78, 5) is 54.1. The second-order valence-corrected chi connectivity index (χ2v) is 17.6. The lowest BCUT2D eigenvalue weighted by Gasteiger charge is -2.37. The number of hydrogen-bond acceptors (Lipinski definition) is 9. The van der Waals surface area contributed by atoms with E-state index in [1.165, 1.54) is 0 Å². The van der Waals surface area contributed by atoms with Crippen molar-refractivity contribution in [2.24, 2.45) is 11.8 Å². The van der Waals surface area contributed by atoms with Crippen molar-refractivity contribution in [3.8, 4) is 0 Å². The number of aliphatic hydroxyl groups is 1. The van der Waals surface area contributed by atoms with Crippen molar-refractivity contribution in [2.75, 3.05) is 6.61 Å². The van der Waals surface area contributed by atoms with E-state index in [2.05, 4.69) is 21.3 Å². The lowest BCUT2D eigenvalue weighted by molar-refractivity contribution is -0.126. The van der Waals surface area contributed by atoms with Crippen LogP contribution in [0, 0.1) is 11.8 Å². The predicted octanol–water partition coefficient (Wildman–Crippen LogP) is 6.93. The fourth-order valence-corrected chi connectivity index (χ4v) is 8.95. The van der Waals surface area contributed by atoms with Gasteiger partial charge in [0.25, 0.3) is 7.37 Å². The average Bonchev–Trinajstić information content (AvgIpc) is 3.23. The van der Waals surface area contributed by atoms with Gasteiger partial charge in [-0.25, -0.2) is 9.59 Å². The van der Waals surface area contributed by atoms with Gasteiger partial charge in [0.05, 0.1) is 12.6 Å². The summed E-state index contributed by atoms with van der Waals surface area (Å²) in [6, 6.07) is 32.7. The molecule has 4 aromatic carbocycles. The summed E-state index contributed by atoms with van der Waals surface area (Å²) in [5, 5.41) is 23.4. The third-order valence-corrected chi connectivity index (χ3v) is 12.5. The molecule has 0 bridgehead atoms. The second-order valence-electron chi connectivity index (χ2n) is 14.9. The van der Waals surface area contributed by atoms with Crippen molar-refractivity contribution in [1.82, 2.24) is 21.3 Å². The van der Waals surface area contributed by atoms with E-state index in [0.29, 0.717) is 11.1 Å². The van der Waals surface area contributed by atoms with Crippen LogP contribution in [0.4, 0.5) is 9.59 Å². The monoisotopic (exact) mass is 828 g/mol. The molecule has 0 aliphatic rings. The molecule has 5 N–H and O–H groups in total. The molecule has 14 heteroatoms. The maximum absolute atomic E-state index is 15.5. The van der Waals surface area contributed by atoms with Crippen LogP contribution in [0.1, 0.15) is 56.9 Å². The van der Waals surface area contributed by atoms with Crippen molar-refractivity contribution in [3.63, 3.8) is 0 Å². The zero-order chi connectivity index (χ0) is 42.8. The summed E-state index contributed by atoms with van der Waals surface area (Å²) in [6.45, 7) is 8.46. The van der Waals surface area contributed by atoms with Crippen molar-refractivity contribution in [1.29, 1.82) is 0 Å². The van der Waals surface area contributed by atoms with Crippen LogP contribution in [0.2, 0.25) is 0 Å². The molecular formula is C45H57N4O9P. The lowest BCUT2D eigenvalue weighted by Crippen LogP contribution is -2.56. The van der Waals surface area contributed by atoms with Gasteiger partial charge < -0.3 is 40.4 Å². The van der Waals surface area contributed by atoms with Crippen LogP contribution in [0.5, 0.6) is 0 Å². The summed E-state index contributed by atoms with van der Waals surface area (Å²) in [6.07, 6.45) is -1.65. The SMILES string of the molecule is CCOP(=O)(C(Cc1ccccc1)NC(=O)[C@@H](NC(=O)OCc1ccccc1)C(C)C)C(O)C(Cc1ccccc1)NC(=O)[C@@H](NC(=O)OCc1ccccc1)C(C)C. The van der Waals surface area contributed by atoms with E-state index in [1.807, 2.05) is 48.5 Å². The molecule has 6 atom stereocenters. The Morgan fingerprint density at radius 1 is 0.559 bits per heavy atom. The van der Waals surface area contributed by atoms with Crippen molar-refractivity contribution in [2.45, 2.75) is 90.4 Å². The Kier molecular flexibility index (Phi) is 18.2. The van der Waals surface area contributed by atoms with Crippen LogP contribution in [-0.2, 0) is 54.2 Å². The predicted molar refractivity (Wildman–Crippen MR) is 226 cm³/mol. The number of hydrogen-bond donors (Lipinski definition) is 5. The first kappa shape index (κ1) is 46.2. The maximum atomic E-state index is 15.5. The van der Waals surface area contributed by atoms with E-state index in [-0.39, 0.29) is 32.7 Å². The molecule has 0 radical (unpaired) electrons. The number of nitrogens with one attached hydrogen (secondary N) is 4. The highest BCUT2D eigenvalue weighted by molar-refractivity contribution is 7.60. The maximum Gasteiger partial charge on any atom is 0.408 e. The van der Waals surface area contributed by atoms with Gasteiger partial charge in [0.2, 0.25) is 11.8 Å². The van der Waals surface area contributed by atoms with Gasteiger partial charge in [-0.2, -0.15) is 0 Å². The van der Waals surface area contributed by atoms with Gasteiger partial charge in [0, 0.05) is 6.42 Å². The van der Waals surface area contributed by atoms with Gasteiger partial charge in [0.1, 0.15) is 31.1 Å². The number of aliphatic hydroxyl groups excluding tert-OH is 1. The fraction of sp³-hybridized carbons (Fsp3) is 0.378. The van der Waals surface area contributed by atoms with E-state index < -0.39 is 73.0 Å². The summed E-state index contributed by atoms with van der Waals surface area (Å²) >= 11 is 0. The van der Waals surface area contributed by atoms with Crippen molar-refractivity contribution in [3.05, 3.63) is 144 Å². The molecular weight excluding hydrogens is 771 g/mol. The third kappa shape index (κ3) is 14.4. The molecule has 316 valence electrons. The van der Waals surface area contributed by atoms with Crippen LogP contribution in [0.3, 0.4) is 0 Å². The summed E-state index contributed by atoms with van der Waals surface area (Å²) in [5.41, 5.74) is 2.92. The molecule has 0 saturated carbocycles. The molecule has 0 aliphatic heterocycles. The number of rotatable bonds is 21. The van der Waals surface area contributed by atoms with Gasteiger partial charge in [-0.05, 0) is 47.4 Å². The zero-order valence-electron chi connectivity index (χ0n) is 34.3. The van der Waals surface area contributed by atoms with Crippen LogP contribution in [0.15, 0.2) is 121 Å². The largest absolute Gasteiger partial charge is 0.445 e. The molecule has 4 unspecified atom stereocenters. The molecule has 0 aromatic heterocycles. The Morgan fingerprint density at radius 2 is 0.932 bits per heavy atom. The number of ether oxygens (including phenoxy) is 2. The molecule has 4 rings (SSSR count). The lowest BCUT2D eigenvalue weighted by atomic mass is 10.0. The Bertz CT molecular complexity index is 1950. The summed E-state index contributed by atoms with van der Waals surface area (Å²) < 4.78 is 32.3. The first-order valence-corrected chi connectivity index (χ1v) is 21.6. The minimum atomic E-state index is -4.42. The smallest absolute Gasteiger partial charge is 0.408 e. The number of amides is 4. The highest BCUT2D eigenvalue weighted by atomic mass is 31.2. The summed E-state index contributed by atoms with van der Waals surface area (Å²) in [7, 11) is -4.42. The van der Waals surface area contributed by atoms with Crippen LogP contribution in [-0.4, -0.2) is 65.5 Å². The molecule has 0 saturated heterocycles. The standard InChI is InChI=1S/C45H57N4O9P/c1-6-58-59(55,38(28-34-21-13-8-14-22-34)47-42(51)40(32(4)5)49-45(54)57-30-36-25-17-10-18-26-36)43(52)37(27-33-19-11-7-12-20-33)46-41(50)39(31(2)3)48-44(53)56-29-35-23-15-9-16-24-35/h7-26,31-32,37-40,43,52H,6,27-30H2,1-5H3,(H,46,50)(H,47,51)(H,48,53)(H,49,54)/t37?,38?,39-,40-,43?,59?/m0/s1. The Morgan fingerprint density at radius 3 is 1.32 bits per heavy atom. The van der Waals surface area contributed by atoms with Crippen LogP contribution < -0.4 is 21.3 Å². The third-order valence-electron chi connectivity index (χ3n) is 9.57. The zero-order valence-corrected chi connectivity index (χ0v) is 35.2.